The number of hydrogen-bond donors (Lipinski definition) is 2. The maximum absolute atomic E-state index is 12.1. The molecule has 3 heterocycles. The minimum Gasteiger partial charge on any atom is -0.416 e. The van der Waals surface area contributed by atoms with Gasteiger partial charge in [-0.05, 0) is 29.8 Å². The molecule has 2 N–H and O–H groups in total. The molecule has 0 spiro atoms. The van der Waals surface area contributed by atoms with Gasteiger partial charge in [-0.25, -0.2) is 10.4 Å². The molecule has 1 amide bonds. The van der Waals surface area contributed by atoms with Gasteiger partial charge in [-0.3, -0.25) is 15.2 Å². The fourth-order valence-electron chi connectivity index (χ4n) is 3.04. The third-order valence-corrected chi connectivity index (χ3v) is 4.69. The molecule has 0 saturated carbocycles. The second kappa shape index (κ2) is 7.78. The molecule has 152 valence electrons. The van der Waals surface area contributed by atoms with Crippen LogP contribution in [0.15, 0.2) is 70.5 Å². The summed E-state index contributed by atoms with van der Waals surface area (Å²) < 4.78 is 5.82. The summed E-state index contributed by atoms with van der Waals surface area (Å²) in [5.41, 5.74) is 6.15. The summed E-state index contributed by atoms with van der Waals surface area (Å²) in [5, 5.41) is 12.6. The second-order valence-electron chi connectivity index (χ2n) is 7.09. The monoisotopic (exact) mass is 403 g/mol. The van der Waals surface area contributed by atoms with Crippen molar-refractivity contribution in [3.63, 3.8) is 0 Å². The molecule has 0 bridgehead atoms. The summed E-state index contributed by atoms with van der Waals surface area (Å²) in [6.07, 6.45) is 3.32. The van der Waals surface area contributed by atoms with E-state index in [0.717, 1.165) is 16.8 Å². The van der Waals surface area contributed by atoms with Gasteiger partial charge in [0.05, 0.1) is 17.8 Å². The number of hydrogen-bond acceptors (Lipinski definition) is 7. The van der Waals surface area contributed by atoms with Crippen molar-refractivity contribution < 1.29 is 9.53 Å². The van der Waals surface area contributed by atoms with Crippen molar-refractivity contribution in [2.24, 2.45) is 10.1 Å². The van der Waals surface area contributed by atoms with Gasteiger partial charge in [0, 0.05) is 39.1 Å². The van der Waals surface area contributed by atoms with Crippen LogP contribution >= 0.6 is 0 Å². The van der Waals surface area contributed by atoms with E-state index in [1.54, 1.807) is 49.6 Å². The molecule has 2 aliphatic rings. The number of amides is 1. The molecule has 0 atom stereocenters. The van der Waals surface area contributed by atoms with Crippen LogP contribution in [-0.2, 0) is 4.74 Å². The van der Waals surface area contributed by atoms with Crippen LogP contribution in [0.2, 0.25) is 0 Å². The molecule has 1 aromatic heterocycles. The third kappa shape index (κ3) is 3.64. The number of ether oxygens (including phenoxy) is 1. The number of nitrogens with zero attached hydrogens (tertiary/aromatic N) is 5. The number of nitrogens with one attached hydrogen (secondary N) is 2. The molecule has 0 saturated heterocycles. The zero-order valence-electron chi connectivity index (χ0n) is 16.9. The fraction of sp³-hybridized carbons (Fsp3) is 0.190. The number of rotatable bonds is 3. The van der Waals surface area contributed by atoms with Gasteiger partial charge in [0.1, 0.15) is 0 Å². The van der Waals surface area contributed by atoms with E-state index in [-0.39, 0.29) is 11.7 Å². The molecule has 0 aliphatic carbocycles. The van der Waals surface area contributed by atoms with Gasteiger partial charge in [0.25, 0.3) is 5.91 Å². The van der Waals surface area contributed by atoms with Gasteiger partial charge in [-0.1, -0.05) is 12.1 Å². The predicted octanol–water partition coefficient (Wildman–Crippen LogP) is 1.65. The molecule has 0 unspecified atom stereocenters. The molecular formula is C21H21N7O2. The predicted molar refractivity (Wildman–Crippen MR) is 113 cm³/mol. The smallest absolute Gasteiger partial charge is 0.253 e. The average molecular weight is 403 g/mol. The Morgan fingerprint density at radius 1 is 1.20 bits per heavy atom. The van der Waals surface area contributed by atoms with Gasteiger partial charge >= 0.3 is 0 Å². The lowest BCUT2D eigenvalue weighted by atomic mass is 10.0. The Hall–Kier alpha value is -4.01. The highest BCUT2D eigenvalue weighted by molar-refractivity contribution is 6.12. The maximum Gasteiger partial charge on any atom is 0.253 e. The van der Waals surface area contributed by atoms with E-state index in [2.05, 4.69) is 20.5 Å². The molecule has 9 heteroatoms. The fourth-order valence-corrected chi connectivity index (χ4v) is 3.04. The Kier molecular flexibility index (Phi) is 5.01. The number of likely N-dealkylation sites (N-methyl/N-ethyl adjacent to an activating group) is 1. The first-order chi connectivity index (χ1) is 14.4. The van der Waals surface area contributed by atoms with E-state index in [9.17, 15) is 4.79 Å². The van der Waals surface area contributed by atoms with E-state index in [1.165, 1.54) is 4.90 Å². The van der Waals surface area contributed by atoms with E-state index in [1.807, 2.05) is 25.2 Å². The van der Waals surface area contributed by atoms with E-state index in [4.69, 9.17) is 10.1 Å². The zero-order valence-corrected chi connectivity index (χ0v) is 16.9. The van der Waals surface area contributed by atoms with Crippen LogP contribution in [0.4, 0.5) is 0 Å². The summed E-state index contributed by atoms with van der Waals surface area (Å²) in [6.45, 7) is 0.465. The number of aromatic nitrogens is 1. The largest absolute Gasteiger partial charge is 0.416 e. The molecule has 2 aliphatic heterocycles. The lowest BCUT2D eigenvalue weighted by molar-refractivity contribution is 0.0827. The zero-order chi connectivity index (χ0) is 21.3. The number of benzene rings is 1. The summed E-state index contributed by atoms with van der Waals surface area (Å²) in [4.78, 5) is 24.1. The third-order valence-electron chi connectivity index (χ3n) is 4.69. The van der Waals surface area contributed by atoms with Crippen LogP contribution in [0.25, 0.3) is 0 Å². The van der Waals surface area contributed by atoms with Crippen molar-refractivity contribution in [1.29, 1.82) is 5.41 Å². The Balaban J connectivity index is 1.63. The van der Waals surface area contributed by atoms with Crippen molar-refractivity contribution in [1.82, 2.24) is 20.2 Å². The van der Waals surface area contributed by atoms with Gasteiger partial charge < -0.3 is 14.5 Å². The van der Waals surface area contributed by atoms with Gasteiger partial charge in [-0.15, -0.1) is 5.10 Å². The number of amidine groups is 1. The highest BCUT2D eigenvalue weighted by Gasteiger charge is 2.28. The molecule has 0 fully saturated rings. The average Bonchev–Trinajstić information content (AvgIpc) is 3.26. The number of pyridine rings is 1. The molecule has 0 radical (unpaired) electrons. The second-order valence-corrected chi connectivity index (χ2v) is 7.09. The quantitative estimate of drug-likeness (QED) is 0.811. The first-order valence-corrected chi connectivity index (χ1v) is 9.30. The first-order valence-electron chi connectivity index (χ1n) is 9.30. The van der Waals surface area contributed by atoms with Crippen LogP contribution in [0, 0.1) is 5.41 Å². The van der Waals surface area contributed by atoms with Crippen molar-refractivity contribution in [2.45, 2.75) is 0 Å². The molecular weight excluding hydrogens is 382 g/mol. The lowest BCUT2D eigenvalue weighted by Gasteiger charge is -2.27. The Labute approximate surface area is 173 Å². The lowest BCUT2D eigenvalue weighted by Crippen LogP contribution is -2.38. The molecule has 30 heavy (non-hydrogen) atoms. The van der Waals surface area contributed by atoms with Crippen molar-refractivity contribution in [3.05, 3.63) is 77.1 Å². The Morgan fingerprint density at radius 2 is 1.97 bits per heavy atom. The SMILES string of the molecule is CN(C)C(=O)c1ccc(C2=NC(=C3NN=C(c4cccnc4)O3)C(=N)N(C)C2)cc1. The van der Waals surface area contributed by atoms with Crippen molar-refractivity contribution in [3.8, 4) is 0 Å². The van der Waals surface area contributed by atoms with Crippen LogP contribution in [0.1, 0.15) is 21.5 Å². The van der Waals surface area contributed by atoms with E-state index < -0.39 is 0 Å². The number of hydrazone groups is 1. The highest BCUT2D eigenvalue weighted by Crippen LogP contribution is 2.21. The molecule has 2 aromatic rings. The summed E-state index contributed by atoms with van der Waals surface area (Å²) in [6, 6.07) is 10.9. The number of aliphatic imine (C=N–C) groups is 1. The topological polar surface area (TPSA) is 106 Å². The van der Waals surface area contributed by atoms with Crippen molar-refractivity contribution >= 4 is 23.4 Å². The van der Waals surface area contributed by atoms with Crippen LogP contribution in [0.5, 0.6) is 0 Å². The summed E-state index contributed by atoms with van der Waals surface area (Å²) in [5.74, 6) is 0.831. The normalized spacial score (nSPS) is 18.4. The highest BCUT2D eigenvalue weighted by atomic mass is 16.5. The van der Waals surface area contributed by atoms with Crippen LogP contribution < -0.4 is 5.43 Å². The minimum atomic E-state index is -0.0579. The van der Waals surface area contributed by atoms with Crippen LogP contribution in [0.3, 0.4) is 0 Å². The molecule has 9 nitrogen and oxygen atoms in total. The maximum atomic E-state index is 12.1. The molecule has 4 rings (SSSR count). The van der Waals surface area contributed by atoms with Crippen LogP contribution in [-0.4, -0.2) is 65.8 Å². The van der Waals surface area contributed by atoms with Gasteiger partial charge in [0.2, 0.25) is 11.8 Å². The Morgan fingerprint density at radius 3 is 2.63 bits per heavy atom. The molecule has 1 aromatic carbocycles. The van der Waals surface area contributed by atoms with Gasteiger partial charge in [-0.2, -0.15) is 0 Å². The minimum absolute atomic E-state index is 0.0579. The number of carbonyl (C=O) groups is 1. The summed E-state index contributed by atoms with van der Waals surface area (Å²) >= 11 is 0. The first kappa shape index (κ1) is 19.3. The number of carbonyl (C=O) groups excluding carboxylic acids is 1. The van der Waals surface area contributed by atoms with Crippen molar-refractivity contribution in [2.75, 3.05) is 27.7 Å². The van der Waals surface area contributed by atoms with E-state index >= 15 is 0 Å². The van der Waals surface area contributed by atoms with Gasteiger partial charge in [0.15, 0.2) is 11.5 Å². The summed E-state index contributed by atoms with van der Waals surface area (Å²) in [7, 11) is 5.26. The Bertz CT molecular complexity index is 1090. The van der Waals surface area contributed by atoms with E-state index in [0.29, 0.717) is 29.6 Å². The standard InChI is InChI=1S/C21H21N7O2/c1-27(2)21(29)14-8-6-13(7-9-14)16-12-28(3)18(22)17(24-16)20-26-25-19(30-20)15-5-4-10-23-11-15/h4-11,22,26H,12H2,1-3H3.